The molecule has 0 saturated heterocycles. The van der Waals surface area contributed by atoms with Gasteiger partial charge < -0.3 is 5.32 Å². The predicted octanol–water partition coefficient (Wildman–Crippen LogP) is 3.27. The molecule has 0 aliphatic heterocycles. The van der Waals surface area contributed by atoms with Gasteiger partial charge in [-0.3, -0.25) is 9.00 Å². The number of aromatic nitrogens is 2. The second-order valence-corrected chi connectivity index (χ2v) is 6.97. The second-order valence-electron chi connectivity index (χ2n) is 5.53. The summed E-state index contributed by atoms with van der Waals surface area (Å²) < 4.78 is 11.3. The molecular formula is C19H17N3O2S. The first-order chi connectivity index (χ1) is 12.1. The summed E-state index contributed by atoms with van der Waals surface area (Å²) in [5.74, 6) is 0.779. The largest absolute Gasteiger partial charge is 0.319 e. The molecular weight excluding hydrogens is 334 g/mol. The molecule has 25 heavy (non-hydrogen) atoms. The highest BCUT2D eigenvalue weighted by atomic mass is 32.2. The number of hydrogen-bond acceptors (Lipinski definition) is 4. The van der Waals surface area contributed by atoms with E-state index < -0.39 is 10.8 Å². The minimum atomic E-state index is -0.949. The van der Waals surface area contributed by atoms with E-state index in [1.165, 1.54) is 0 Å². The number of benzene rings is 2. The van der Waals surface area contributed by atoms with Crippen LogP contribution in [0.25, 0.3) is 11.4 Å². The van der Waals surface area contributed by atoms with Gasteiger partial charge in [0.1, 0.15) is 0 Å². The topological polar surface area (TPSA) is 72.0 Å². The van der Waals surface area contributed by atoms with Crippen molar-refractivity contribution in [3.8, 4) is 11.4 Å². The first-order valence-corrected chi connectivity index (χ1v) is 9.42. The zero-order valence-electron chi connectivity index (χ0n) is 13.7. The molecule has 2 aromatic carbocycles. The molecule has 0 fully saturated rings. The summed E-state index contributed by atoms with van der Waals surface area (Å²) in [6.07, 6.45) is 4.80. The molecule has 1 amide bonds. The number of hydrogen-bond donors (Lipinski definition) is 1. The smallest absolute Gasteiger partial charge is 0.255 e. The third kappa shape index (κ3) is 4.58. The van der Waals surface area contributed by atoms with Crippen LogP contribution in [0.4, 0.5) is 5.69 Å². The van der Waals surface area contributed by atoms with E-state index >= 15 is 0 Å². The van der Waals surface area contributed by atoms with E-state index in [-0.39, 0.29) is 5.91 Å². The lowest BCUT2D eigenvalue weighted by Crippen LogP contribution is -2.13. The van der Waals surface area contributed by atoms with Crippen LogP contribution >= 0.6 is 0 Å². The molecule has 0 spiro atoms. The van der Waals surface area contributed by atoms with Crippen LogP contribution in [-0.2, 0) is 16.6 Å². The fourth-order valence-electron chi connectivity index (χ4n) is 2.37. The van der Waals surface area contributed by atoms with Gasteiger partial charge in [0.25, 0.3) is 5.91 Å². The van der Waals surface area contributed by atoms with Gasteiger partial charge in [0.2, 0.25) is 0 Å². The molecule has 0 bridgehead atoms. The molecule has 1 heterocycles. The van der Waals surface area contributed by atoms with E-state index in [0.717, 1.165) is 11.1 Å². The van der Waals surface area contributed by atoms with Crippen LogP contribution in [0, 0.1) is 0 Å². The van der Waals surface area contributed by atoms with Gasteiger partial charge >= 0.3 is 0 Å². The quantitative estimate of drug-likeness (QED) is 0.766. The van der Waals surface area contributed by atoms with Crippen LogP contribution in [0.15, 0.2) is 67.0 Å². The summed E-state index contributed by atoms with van der Waals surface area (Å²) in [6.45, 7) is 0. The Hall–Kier alpha value is -2.86. The fourth-order valence-corrected chi connectivity index (χ4v) is 3.02. The van der Waals surface area contributed by atoms with Crippen LogP contribution in [-0.4, -0.2) is 26.3 Å². The minimum Gasteiger partial charge on any atom is -0.319 e. The van der Waals surface area contributed by atoms with Crippen molar-refractivity contribution in [3.63, 3.8) is 0 Å². The van der Waals surface area contributed by atoms with E-state index in [1.807, 2.05) is 36.4 Å². The van der Waals surface area contributed by atoms with Crippen molar-refractivity contribution in [1.82, 2.24) is 9.97 Å². The number of nitrogens with zero attached hydrogens (tertiary/aromatic N) is 2. The highest BCUT2D eigenvalue weighted by molar-refractivity contribution is 7.83. The Balaban J connectivity index is 1.72. The molecule has 126 valence electrons. The van der Waals surface area contributed by atoms with Gasteiger partial charge in [-0.05, 0) is 17.7 Å². The maximum atomic E-state index is 12.4. The average molecular weight is 351 g/mol. The Bertz CT molecular complexity index is 896. The summed E-state index contributed by atoms with van der Waals surface area (Å²) in [5.41, 5.74) is 2.81. The zero-order valence-corrected chi connectivity index (χ0v) is 14.5. The first-order valence-electron chi connectivity index (χ1n) is 7.69. The van der Waals surface area contributed by atoms with Crippen molar-refractivity contribution >= 4 is 22.4 Å². The van der Waals surface area contributed by atoms with Crippen molar-refractivity contribution in [3.05, 3.63) is 78.1 Å². The lowest BCUT2D eigenvalue weighted by Gasteiger charge is -2.07. The Labute approximate surface area is 148 Å². The van der Waals surface area contributed by atoms with Crippen LogP contribution < -0.4 is 5.32 Å². The average Bonchev–Trinajstić information content (AvgIpc) is 2.63. The Kier molecular flexibility index (Phi) is 5.30. The molecule has 1 atom stereocenters. The standard InChI is InChI=1S/C19H17N3O2S/c1-25(24)13-14-6-5-9-16(10-14)19(23)22-17-11-20-18(21-12-17)15-7-3-2-4-8-15/h2-12H,13H2,1H3,(H,22,23). The van der Waals surface area contributed by atoms with Crippen LogP contribution in [0.2, 0.25) is 0 Å². The number of carbonyl (C=O) groups is 1. The molecule has 6 heteroatoms. The van der Waals surface area contributed by atoms with Gasteiger partial charge in [0, 0.05) is 33.9 Å². The van der Waals surface area contributed by atoms with Gasteiger partial charge in [-0.1, -0.05) is 42.5 Å². The van der Waals surface area contributed by atoms with Crippen molar-refractivity contribution in [1.29, 1.82) is 0 Å². The molecule has 0 radical (unpaired) electrons. The number of amides is 1. The maximum absolute atomic E-state index is 12.4. The van der Waals surface area contributed by atoms with E-state index in [9.17, 15) is 9.00 Å². The molecule has 0 aliphatic carbocycles. The molecule has 1 N–H and O–H groups in total. The number of nitrogens with one attached hydrogen (secondary N) is 1. The Morgan fingerprint density at radius 3 is 2.44 bits per heavy atom. The summed E-state index contributed by atoms with van der Waals surface area (Å²) in [7, 11) is -0.949. The molecule has 3 rings (SSSR count). The highest BCUT2D eigenvalue weighted by Crippen LogP contribution is 2.16. The van der Waals surface area contributed by atoms with Crippen LogP contribution in [0.5, 0.6) is 0 Å². The van der Waals surface area contributed by atoms with E-state index in [0.29, 0.717) is 22.8 Å². The lowest BCUT2D eigenvalue weighted by atomic mass is 10.1. The van der Waals surface area contributed by atoms with Gasteiger partial charge in [0.15, 0.2) is 5.82 Å². The molecule has 5 nitrogen and oxygen atoms in total. The molecule has 1 aromatic heterocycles. The number of anilines is 1. The molecule has 1 unspecified atom stereocenters. The van der Waals surface area contributed by atoms with Gasteiger partial charge in [-0.15, -0.1) is 0 Å². The van der Waals surface area contributed by atoms with Gasteiger partial charge in [0.05, 0.1) is 18.1 Å². The minimum absolute atomic E-state index is 0.250. The van der Waals surface area contributed by atoms with Crippen LogP contribution in [0.3, 0.4) is 0 Å². The zero-order chi connectivity index (χ0) is 17.6. The SMILES string of the molecule is CS(=O)Cc1cccc(C(=O)Nc2cnc(-c3ccccc3)nc2)c1. The normalized spacial score (nSPS) is 11.7. The lowest BCUT2D eigenvalue weighted by molar-refractivity contribution is 0.102. The molecule has 0 aliphatic rings. The summed E-state index contributed by atoms with van der Waals surface area (Å²) in [4.78, 5) is 20.9. The fraction of sp³-hybridized carbons (Fsp3) is 0.105. The van der Waals surface area contributed by atoms with Gasteiger partial charge in [-0.2, -0.15) is 0 Å². The highest BCUT2D eigenvalue weighted by Gasteiger charge is 2.08. The summed E-state index contributed by atoms with van der Waals surface area (Å²) >= 11 is 0. The third-order valence-corrected chi connectivity index (χ3v) is 4.24. The number of carbonyl (C=O) groups excluding carboxylic acids is 1. The first kappa shape index (κ1) is 17.0. The second kappa shape index (κ2) is 7.81. The Morgan fingerprint density at radius 2 is 1.76 bits per heavy atom. The van der Waals surface area contributed by atoms with Crippen molar-refractivity contribution in [2.45, 2.75) is 5.75 Å². The van der Waals surface area contributed by atoms with E-state index in [2.05, 4.69) is 15.3 Å². The van der Waals surface area contributed by atoms with Crippen molar-refractivity contribution in [2.24, 2.45) is 0 Å². The van der Waals surface area contributed by atoms with Gasteiger partial charge in [-0.25, -0.2) is 9.97 Å². The van der Waals surface area contributed by atoms with E-state index in [1.54, 1.807) is 36.8 Å². The summed E-state index contributed by atoms with van der Waals surface area (Å²) in [5, 5.41) is 2.78. The number of rotatable bonds is 5. The Morgan fingerprint density at radius 1 is 1.04 bits per heavy atom. The molecule has 3 aromatic rings. The third-order valence-electron chi connectivity index (χ3n) is 3.50. The van der Waals surface area contributed by atoms with Crippen molar-refractivity contribution in [2.75, 3.05) is 11.6 Å². The van der Waals surface area contributed by atoms with E-state index in [4.69, 9.17) is 0 Å². The molecule has 0 saturated carbocycles. The van der Waals surface area contributed by atoms with Crippen LogP contribution in [0.1, 0.15) is 15.9 Å². The monoisotopic (exact) mass is 351 g/mol. The maximum Gasteiger partial charge on any atom is 0.255 e. The predicted molar refractivity (Wildman–Crippen MR) is 99.6 cm³/mol. The van der Waals surface area contributed by atoms with Crippen molar-refractivity contribution < 1.29 is 9.00 Å². The summed E-state index contributed by atoms with van der Waals surface area (Å²) in [6, 6.07) is 16.7.